The fraction of sp³-hybridized carbons (Fsp3) is 0.0952. The van der Waals surface area contributed by atoms with Gasteiger partial charge in [0, 0.05) is 16.8 Å². The number of hydrazone groups is 1. The van der Waals surface area contributed by atoms with Gasteiger partial charge in [-0.1, -0.05) is 0 Å². The van der Waals surface area contributed by atoms with Crippen molar-refractivity contribution in [2.45, 2.75) is 4.90 Å². The third kappa shape index (κ3) is 5.49. The summed E-state index contributed by atoms with van der Waals surface area (Å²) in [6.07, 6.45) is 3.37. The number of thioether (sulfide) groups is 1. The van der Waals surface area contributed by atoms with Crippen molar-refractivity contribution in [3.63, 3.8) is 0 Å². The number of aromatic carboxylic acids is 1. The molecule has 3 rings (SSSR count). The van der Waals surface area contributed by atoms with E-state index >= 15 is 0 Å². The average Bonchev–Trinajstić information content (AvgIpc) is 3.21. The Labute approximate surface area is 172 Å². The number of hydrogen-bond donors (Lipinski definition) is 2. The number of nitrogens with zero attached hydrogens (tertiary/aromatic N) is 2. The maximum absolute atomic E-state index is 12.0. The predicted molar refractivity (Wildman–Crippen MR) is 112 cm³/mol. The quantitative estimate of drug-likeness (QED) is 0.338. The molecule has 0 saturated carbocycles. The van der Waals surface area contributed by atoms with Crippen LogP contribution in [-0.2, 0) is 4.79 Å². The summed E-state index contributed by atoms with van der Waals surface area (Å²) in [5, 5.41) is 13.0. The van der Waals surface area contributed by atoms with Crippen LogP contribution < -0.4 is 10.2 Å². The highest BCUT2D eigenvalue weighted by Crippen LogP contribution is 2.21. The van der Waals surface area contributed by atoms with Crippen LogP contribution in [0.1, 0.15) is 16.1 Å². The highest BCUT2D eigenvalue weighted by atomic mass is 32.2. The fourth-order valence-electron chi connectivity index (χ4n) is 2.52. The highest BCUT2D eigenvalue weighted by Gasteiger charge is 2.06. The summed E-state index contributed by atoms with van der Waals surface area (Å²) in [7, 11) is 1.61. The molecular weight excluding hydrogens is 390 g/mol. The molecule has 0 unspecified atom stereocenters. The topological polar surface area (TPSA) is 92.9 Å². The van der Waals surface area contributed by atoms with Gasteiger partial charge in [-0.15, -0.1) is 11.8 Å². The van der Waals surface area contributed by atoms with E-state index in [9.17, 15) is 9.59 Å². The predicted octanol–water partition coefficient (Wildman–Crippen LogP) is 3.43. The van der Waals surface area contributed by atoms with Gasteiger partial charge in [0.05, 0.1) is 30.3 Å². The molecule has 29 heavy (non-hydrogen) atoms. The largest absolute Gasteiger partial charge is 0.497 e. The number of methoxy groups -OCH3 is 1. The minimum Gasteiger partial charge on any atom is -0.497 e. The Morgan fingerprint density at radius 1 is 1.14 bits per heavy atom. The number of ether oxygens (including phenoxy) is 1. The Bertz CT molecular complexity index is 1010. The maximum Gasteiger partial charge on any atom is 0.335 e. The molecule has 148 valence electrons. The number of carboxylic acids is 1. The van der Waals surface area contributed by atoms with Crippen LogP contribution in [0.15, 0.2) is 76.9 Å². The molecule has 0 aliphatic rings. The van der Waals surface area contributed by atoms with Gasteiger partial charge in [-0.05, 0) is 60.7 Å². The van der Waals surface area contributed by atoms with E-state index in [0.29, 0.717) is 0 Å². The second-order valence-corrected chi connectivity index (χ2v) is 6.96. The third-order valence-electron chi connectivity index (χ3n) is 3.99. The Kier molecular flexibility index (Phi) is 6.70. The van der Waals surface area contributed by atoms with Gasteiger partial charge in [-0.25, -0.2) is 10.2 Å². The van der Waals surface area contributed by atoms with Crippen molar-refractivity contribution < 1.29 is 19.4 Å². The number of nitrogens with one attached hydrogen (secondary N) is 1. The van der Waals surface area contributed by atoms with Crippen LogP contribution >= 0.6 is 11.8 Å². The van der Waals surface area contributed by atoms with Crippen LogP contribution in [0.4, 0.5) is 0 Å². The Morgan fingerprint density at radius 2 is 1.86 bits per heavy atom. The van der Waals surface area contributed by atoms with E-state index in [4.69, 9.17) is 9.84 Å². The Hall–Kier alpha value is -3.52. The van der Waals surface area contributed by atoms with Gasteiger partial charge < -0.3 is 14.4 Å². The lowest BCUT2D eigenvalue weighted by Crippen LogP contribution is -2.19. The smallest absolute Gasteiger partial charge is 0.335 e. The number of benzene rings is 2. The lowest BCUT2D eigenvalue weighted by Gasteiger charge is -2.06. The Balaban J connectivity index is 1.55. The SMILES string of the molecule is COc1ccc(SCC(=O)N/N=C/c2cccn2-c2ccc(C(=O)O)cc2)cc1. The molecule has 1 aromatic heterocycles. The first-order chi connectivity index (χ1) is 14.1. The van der Waals surface area contributed by atoms with Crippen molar-refractivity contribution >= 4 is 29.9 Å². The van der Waals surface area contributed by atoms with Crippen LogP contribution in [0.5, 0.6) is 5.75 Å². The Morgan fingerprint density at radius 3 is 2.52 bits per heavy atom. The summed E-state index contributed by atoms with van der Waals surface area (Å²) in [6, 6.07) is 17.7. The van der Waals surface area contributed by atoms with Crippen LogP contribution in [0.2, 0.25) is 0 Å². The first-order valence-corrected chi connectivity index (χ1v) is 9.65. The number of carboxylic acid groups (broad SMARTS) is 1. The minimum atomic E-state index is -0.971. The van der Waals surface area contributed by atoms with Gasteiger partial charge >= 0.3 is 5.97 Å². The van der Waals surface area contributed by atoms with Crippen molar-refractivity contribution in [1.29, 1.82) is 0 Å². The van der Waals surface area contributed by atoms with Crippen LogP contribution in [0, 0.1) is 0 Å². The van der Waals surface area contributed by atoms with Crippen LogP contribution in [-0.4, -0.2) is 40.6 Å². The summed E-state index contributed by atoms with van der Waals surface area (Å²) in [4.78, 5) is 23.9. The molecule has 2 aromatic carbocycles. The summed E-state index contributed by atoms with van der Waals surface area (Å²) in [6.45, 7) is 0. The van der Waals surface area contributed by atoms with Crippen molar-refractivity contribution in [2.75, 3.05) is 12.9 Å². The lowest BCUT2D eigenvalue weighted by molar-refractivity contribution is -0.118. The van der Waals surface area contributed by atoms with Gasteiger partial charge in [0.25, 0.3) is 0 Å². The molecule has 7 nitrogen and oxygen atoms in total. The molecule has 0 atom stereocenters. The van der Waals surface area contributed by atoms with E-state index in [2.05, 4.69) is 10.5 Å². The fourth-order valence-corrected chi connectivity index (χ4v) is 3.21. The van der Waals surface area contributed by atoms with Gasteiger partial charge in [0.15, 0.2) is 0 Å². The number of carbonyl (C=O) groups excluding carboxylic acids is 1. The molecule has 1 heterocycles. The standard InChI is InChI=1S/C21H19N3O4S/c1-28-18-8-10-19(11-9-18)29-14-20(25)23-22-13-17-3-2-12-24(17)16-6-4-15(5-7-16)21(26)27/h2-13H,14H2,1H3,(H,23,25)(H,26,27)/b22-13+. The number of rotatable bonds is 8. The molecule has 2 N–H and O–H groups in total. The highest BCUT2D eigenvalue weighted by molar-refractivity contribution is 8.00. The second-order valence-electron chi connectivity index (χ2n) is 5.91. The van der Waals surface area contributed by atoms with E-state index in [-0.39, 0.29) is 17.2 Å². The van der Waals surface area contributed by atoms with Crippen molar-refractivity contribution in [3.8, 4) is 11.4 Å². The van der Waals surface area contributed by atoms with E-state index in [1.54, 1.807) is 25.5 Å². The zero-order chi connectivity index (χ0) is 20.6. The van der Waals surface area contributed by atoms with E-state index in [1.807, 2.05) is 47.2 Å². The van der Waals surface area contributed by atoms with Crippen molar-refractivity contribution in [1.82, 2.24) is 9.99 Å². The first-order valence-electron chi connectivity index (χ1n) is 8.66. The molecule has 8 heteroatoms. The minimum absolute atomic E-state index is 0.217. The zero-order valence-corrected chi connectivity index (χ0v) is 16.4. The second kappa shape index (κ2) is 9.61. The van der Waals surface area contributed by atoms with E-state index < -0.39 is 5.97 Å². The normalized spacial score (nSPS) is 10.8. The van der Waals surface area contributed by atoms with Gasteiger partial charge in [0.1, 0.15) is 5.75 Å². The molecular formula is C21H19N3O4S. The van der Waals surface area contributed by atoms with Gasteiger partial charge in [-0.3, -0.25) is 4.79 Å². The van der Waals surface area contributed by atoms with Gasteiger partial charge in [-0.2, -0.15) is 5.10 Å². The van der Waals surface area contributed by atoms with Crippen LogP contribution in [0.25, 0.3) is 5.69 Å². The number of hydrogen-bond acceptors (Lipinski definition) is 5. The van der Waals surface area contributed by atoms with Gasteiger partial charge in [0.2, 0.25) is 5.91 Å². The summed E-state index contributed by atoms with van der Waals surface area (Å²) in [5.41, 5.74) is 4.27. The molecule has 3 aromatic rings. The van der Waals surface area contributed by atoms with E-state index in [1.165, 1.54) is 23.9 Å². The average molecular weight is 409 g/mol. The lowest BCUT2D eigenvalue weighted by atomic mass is 10.2. The molecule has 0 aliphatic heterocycles. The summed E-state index contributed by atoms with van der Waals surface area (Å²) >= 11 is 1.40. The summed E-state index contributed by atoms with van der Waals surface area (Å²) < 4.78 is 6.95. The van der Waals surface area contributed by atoms with Crippen LogP contribution in [0.3, 0.4) is 0 Å². The maximum atomic E-state index is 12.0. The van der Waals surface area contributed by atoms with Crippen molar-refractivity contribution in [2.24, 2.45) is 5.10 Å². The number of amides is 1. The molecule has 0 fully saturated rings. The van der Waals surface area contributed by atoms with E-state index in [0.717, 1.165) is 22.0 Å². The molecule has 1 amide bonds. The number of aromatic nitrogens is 1. The molecule has 0 spiro atoms. The third-order valence-corrected chi connectivity index (χ3v) is 5.00. The summed E-state index contributed by atoms with van der Waals surface area (Å²) in [5.74, 6) is -0.183. The van der Waals surface area contributed by atoms with Crippen molar-refractivity contribution in [3.05, 3.63) is 78.1 Å². The monoisotopic (exact) mass is 409 g/mol. The molecule has 0 saturated heterocycles. The zero-order valence-electron chi connectivity index (χ0n) is 15.6. The molecule has 0 radical (unpaired) electrons. The number of carbonyl (C=O) groups is 2. The first kappa shape index (κ1) is 20.2. The molecule has 0 aliphatic carbocycles. The molecule has 0 bridgehead atoms.